The molecule has 0 aliphatic carbocycles. The molecule has 1 amide bonds. The molecule has 0 spiro atoms. The van der Waals surface area contributed by atoms with Crippen LogP contribution in [0.4, 0.5) is 5.69 Å². The number of benzene rings is 2. The Morgan fingerprint density at radius 3 is 2.76 bits per heavy atom. The molecule has 0 bridgehead atoms. The Morgan fingerprint density at radius 1 is 1.16 bits per heavy atom. The van der Waals surface area contributed by atoms with Crippen LogP contribution < -0.4 is 11.1 Å². The van der Waals surface area contributed by atoms with E-state index in [1.54, 1.807) is 6.33 Å². The first-order valence-electron chi connectivity index (χ1n) is 7.86. The van der Waals surface area contributed by atoms with Gasteiger partial charge in [-0.2, -0.15) is 0 Å². The van der Waals surface area contributed by atoms with Crippen molar-refractivity contribution in [2.75, 3.05) is 5.32 Å². The van der Waals surface area contributed by atoms with E-state index in [1.807, 2.05) is 64.5 Å². The fourth-order valence-corrected chi connectivity index (χ4v) is 3.43. The van der Waals surface area contributed by atoms with Gasteiger partial charge >= 0.3 is 0 Å². The molecule has 0 atom stereocenters. The monoisotopic (exact) mass is 348 g/mol. The first-order valence-corrected chi connectivity index (χ1v) is 8.74. The van der Waals surface area contributed by atoms with E-state index in [9.17, 15) is 4.79 Å². The molecule has 3 N–H and O–H groups in total. The van der Waals surface area contributed by atoms with Crippen molar-refractivity contribution in [1.29, 1.82) is 0 Å². The lowest BCUT2D eigenvalue weighted by molar-refractivity contribution is 0.103. The summed E-state index contributed by atoms with van der Waals surface area (Å²) in [4.78, 5) is 17.5. The number of carbonyl (C=O) groups excluding carboxylic acids is 1. The van der Waals surface area contributed by atoms with Crippen LogP contribution in [0.25, 0.3) is 16.7 Å². The molecule has 0 unspecified atom stereocenters. The first-order chi connectivity index (χ1) is 12.2. The number of anilines is 1. The number of aromatic nitrogens is 2. The van der Waals surface area contributed by atoms with E-state index in [4.69, 9.17) is 5.73 Å². The molecule has 0 saturated carbocycles. The van der Waals surface area contributed by atoms with Crippen molar-refractivity contribution in [3.8, 4) is 5.69 Å². The van der Waals surface area contributed by atoms with Crippen LogP contribution in [0.1, 0.15) is 15.2 Å². The summed E-state index contributed by atoms with van der Waals surface area (Å²) in [5.41, 5.74) is 10.3. The van der Waals surface area contributed by atoms with Gasteiger partial charge in [0.15, 0.2) is 0 Å². The molecule has 0 aliphatic rings. The number of thiophene rings is 1. The summed E-state index contributed by atoms with van der Waals surface area (Å²) >= 11 is 1.41. The number of carbonyl (C=O) groups is 1. The van der Waals surface area contributed by atoms with Crippen LogP contribution in [-0.4, -0.2) is 15.5 Å². The third-order valence-electron chi connectivity index (χ3n) is 3.99. The van der Waals surface area contributed by atoms with E-state index in [1.165, 1.54) is 11.3 Å². The Labute approximate surface area is 148 Å². The molecule has 4 rings (SSSR count). The quantitative estimate of drug-likeness (QED) is 0.589. The van der Waals surface area contributed by atoms with Gasteiger partial charge in [0.25, 0.3) is 5.91 Å². The smallest absolute Gasteiger partial charge is 0.265 e. The van der Waals surface area contributed by atoms with Crippen LogP contribution in [0.5, 0.6) is 0 Å². The number of nitrogens with two attached hydrogens (primary N) is 1. The Morgan fingerprint density at radius 2 is 1.96 bits per heavy atom. The van der Waals surface area contributed by atoms with Crippen molar-refractivity contribution in [3.63, 3.8) is 0 Å². The van der Waals surface area contributed by atoms with Crippen molar-refractivity contribution in [3.05, 3.63) is 76.7 Å². The van der Waals surface area contributed by atoms with Gasteiger partial charge in [-0.3, -0.25) is 9.36 Å². The maximum atomic E-state index is 12.5. The molecule has 0 aliphatic heterocycles. The molecule has 6 heteroatoms. The third-order valence-corrected chi connectivity index (χ3v) is 4.91. The van der Waals surface area contributed by atoms with Crippen molar-refractivity contribution in [2.45, 2.75) is 6.54 Å². The molecule has 4 aromatic rings. The SMILES string of the molecule is NCc1ccc(NC(=O)c2cc(-n3cnc4ccccc43)cs2)cc1. The molecule has 0 fully saturated rings. The highest BCUT2D eigenvalue weighted by Crippen LogP contribution is 2.24. The maximum absolute atomic E-state index is 12.5. The first kappa shape index (κ1) is 15.6. The largest absolute Gasteiger partial charge is 0.326 e. The molecule has 0 saturated heterocycles. The van der Waals surface area contributed by atoms with Gasteiger partial charge < -0.3 is 11.1 Å². The normalized spacial score (nSPS) is 10.9. The van der Waals surface area contributed by atoms with Crippen LogP contribution in [0.3, 0.4) is 0 Å². The second-order valence-corrected chi connectivity index (χ2v) is 6.54. The third kappa shape index (κ3) is 3.05. The summed E-state index contributed by atoms with van der Waals surface area (Å²) in [6, 6.07) is 17.3. The highest BCUT2D eigenvalue weighted by atomic mass is 32.1. The molecule has 2 aromatic carbocycles. The number of fused-ring (bicyclic) bond motifs is 1. The highest BCUT2D eigenvalue weighted by Gasteiger charge is 2.12. The number of para-hydroxylation sites is 2. The minimum Gasteiger partial charge on any atom is -0.326 e. The second-order valence-electron chi connectivity index (χ2n) is 5.63. The average Bonchev–Trinajstić information content (AvgIpc) is 3.29. The van der Waals surface area contributed by atoms with E-state index in [-0.39, 0.29) is 5.91 Å². The Kier molecular flexibility index (Phi) is 4.05. The highest BCUT2D eigenvalue weighted by molar-refractivity contribution is 7.12. The summed E-state index contributed by atoms with van der Waals surface area (Å²) in [5, 5.41) is 4.87. The summed E-state index contributed by atoms with van der Waals surface area (Å²) in [6.07, 6.45) is 1.78. The molecule has 5 nitrogen and oxygen atoms in total. The minimum absolute atomic E-state index is 0.124. The summed E-state index contributed by atoms with van der Waals surface area (Å²) in [6.45, 7) is 0.487. The average molecular weight is 348 g/mol. The van der Waals surface area contributed by atoms with Crippen LogP contribution in [0.15, 0.2) is 66.3 Å². The number of nitrogens with zero attached hydrogens (tertiary/aromatic N) is 2. The number of hydrogen-bond donors (Lipinski definition) is 2. The molecular weight excluding hydrogens is 332 g/mol. The standard InChI is InChI=1S/C19H16N4OS/c20-10-13-5-7-14(8-6-13)22-19(24)18-9-15(11-25-18)23-12-21-16-3-1-2-4-17(16)23/h1-9,11-12H,10,20H2,(H,22,24). The minimum atomic E-state index is -0.124. The van der Waals surface area contributed by atoms with Crippen molar-refractivity contribution in [1.82, 2.24) is 9.55 Å². The summed E-state index contributed by atoms with van der Waals surface area (Å²) in [7, 11) is 0. The predicted octanol–water partition coefficient (Wildman–Crippen LogP) is 3.80. The van der Waals surface area contributed by atoms with E-state index in [0.29, 0.717) is 11.4 Å². The summed E-state index contributed by atoms with van der Waals surface area (Å²) < 4.78 is 1.98. The van der Waals surface area contributed by atoms with Crippen molar-refractivity contribution >= 4 is 34.0 Å². The van der Waals surface area contributed by atoms with Gasteiger partial charge in [-0.15, -0.1) is 11.3 Å². The topological polar surface area (TPSA) is 72.9 Å². The Balaban J connectivity index is 1.57. The number of imidazole rings is 1. The molecular formula is C19H16N4OS. The lowest BCUT2D eigenvalue weighted by Gasteiger charge is -2.04. The van der Waals surface area contributed by atoms with Gasteiger partial charge in [-0.1, -0.05) is 24.3 Å². The molecule has 0 radical (unpaired) electrons. The van der Waals surface area contributed by atoms with Crippen LogP contribution in [-0.2, 0) is 6.54 Å². The van der Waals surface area contributed by atoms with Crippen molar-refractivity contribution < 1.29 is 4.79 Å². The van der Waals surface area contributed by atoms with Crippen LogP contribution in [0, 0.1) is 0 Å². The van der Waals surface area contributed by atoms with Gasteiger partial charge in [0.1, 0.15) is 6.33 Å². The van der Waals surface area contributed by atoms with Crippen LogP contribution in [0.2, 0.25) is 0 Å². The number of nitrogens with one attached hydrogen (secondary N) is 1. The zero-order chi connectivity index (χ0) is 17.2. The van der Waals surface area contributed by atoms with Gasteiger partial charge in [-0.05, 0) is 35.9 Å². The van der Waals surface area contributed by atoms with E-state index in [2.05, 4.69) is 10.3 Å². The zero-order valence-electron chi connectivity index (χ0n) is 13.3. The fourth-order valence-electron chi connectivity index (χ4n) is 2.65. The zero-order valence-corrected chi connectivity index (χ0v) is 14.2. The van der Waals surface area contributed by atoms with Gasteiger partial charge in [0.05, 0.1) is 21.6 Å². The van der Waals surface area contributed by atoms with E-state index >= 15 is 0 Å². The molecule has 2 heterocycles. The number of amides is 1. The van der Waals surface area contributed by atoms with E-state index < -0.39 is 0 Å². The van der Waals surface area contributed by atoms with Crippen molar-refractivity contribution in [2.24, 2.45) is 5.73 Å². The maximum Gasteiger partial charge on any atom is 0.265 e. The van der Waals surface area contributed by atoms with Gasteiger partial charge in [-0.25, -0.2) is 4.98 Å². The molecule has 2 aromatic heterocycles. The number of rotatable bonds is 4. The predicted molar refractivity (Wildman–Crippen MR) is 101 cm³/mol. The molecule has 25 heavy (non-hydrogen) atoms. The lowest BCUT2D eigenvalue weighted by Crippen LogP contribution is -2.10. The number of hydrogen-bond acceptors (Lipinski definition) is 4. The summed E-state index contributed by atoms with van der Waals surface area (Å²) in [5.74, 6) is -0.124. The lowest BCUT2D eigenvalue weighted by atomic mass is 10.2. The van der Waals surface area contributed by atoms with Gasteiger partial charge in [0, 0.05) is 17.6 Å². The Bertz CT molecular complexity index is 1030. The van der Waals surface area contributed by atoms with Gasteiger partial charge in [0.2, 0.25) is 0 Å². The van der Waals surface area contributed by atoms with Crippen LogP contribution >= 0.6 is 11.3 Å². The Hall–Kier alpha value is -2.96. The van der Waals surface area contributed by atoms with E-state index in [0.717, 1.165) is 28.0 Å². The molecule has 124 valence electrons. The second kappa shape index (κ2) is 6.51. The fraction of sp³-hybridized carbons (Fsp3) is 0.0526.